The first-order valence-corrected chi connectivity index (χ1v) is 9.09. The molecule has 0 bridgehead atoms. The van der Waals surface area contributed by atoms with Crippen LogP contribution in [-0.4, -0.2) is 53.0 Å². The summed E-state index contributed by atoms with van der Waals surface area (Å²) in [5.74, 6) is 2.63. The molecule has 0 aromatic carbocycles. The molecule has 1 saturated heterocycles. The number of anilines is 1. The second kappa shape index (κ2) is 7.05. The maximum Gasteiger partial charge on any atom is 0.225 e. The van der Waals surface area contributed by atoms with Gasteiger partial charge in [0, 0.05) is 55.8 Å². The van der Waals surface area contributed by atoms with Crippen LogP contribution in [0.5, 0.6) is 0 Å². The van der Waals surface area contributed by atoms with E-state index in [1.807, 2.05) is 17.9 Å². The second-order valence-electron chi connectivity index (χ2n) is 7.46. The van der Waals surface area contributed by atoms with Gasteiger partial charge in [-0.1, -0.05) is 13.8 Å². The minimum absolute atomic E-state index is 0.139. The van der Waals surface area contributed by atoms with Gasteiger partial charge in [0.15, 0.2) is 0 Å². The van der Waals surface area contributed by atoms with Crippen LogP contribution in [0.3, 0.4) is 0 Å². The lowest BCUT2D eigenvalue weighted by molar-refractivity contribution is -0.135. The molecule has 1 aliphatic heterocycles. The van der Waals surface area contributed by atoms with Gasteiger partial charge in [-0.3, -0.25) is 4.79 Å². The topological polar surface area (TPSA) is 75.3 Å². The SMILES string of the molecule is Cc1cc(N2CCN(C(=O)C3CCC(N)C3)CC2)nc(C(C)C)n1. The van der Waals surface area contributed by atoms with Crippen molar-refractivity contribution < 1.29 is 4.79 Å². The van der Waals surface area contributed by atoms with E-state index in [4.69, 9.17) is 10.7 Å². The zero-order valence-electron chi connectivity index (χ0n) is 15.0. The first kappa shape index (κ1) is 17.1. The van der Waals surface area contributed by atoms with Crippen molar-refractivity contribution in [3.63, 3.8) is 0 Å². The molecular weight excluding hydrogens is 302 g/mol. The Balaban J connectivity index is 1.62. The van der Waals surface area contributed by atoms with Crippen molar-refractivity contribution in [1.29, 1.82) is 0 Å². The number of aryl methyl sites for hydroxylation is 1. The number of carbonyl (C=O) groups is 1. The fourth-order valence-electron chi connectivity index (χ4n) is 3.65. The number of rotatable bonds is 3. The van der Waals surface area contributed by atoms with Gasteiger partial charge in [-0.2, -0.15) is 0 Å². The molecule has 1 aromatic heterocycles. The summed E-state index contributed by atoms with van der Waals surface area (Å²) >= 11 is 0. The highest BCUT2D eigenvalue weighted by Gasteiger charge is 2.32. The largest absolute Gasteiger partial charge is 0.353 e. The van der Waals surface area contributed by atoms with E-state index in [2.05, 4.69) is 23.7 Å². The van der Waals surface area contributed by atoms with E-state index in [-0.39, 0.29) is 12.0 Å². The molecule has 2 unspecified atom stereocenters. The number of carbonyl (C=O) groups excluding carboxylic acids is 1. The molecule has 1 aliphatic carbocycles. The van der Waals surface area contributed by atoms with E-state index in [1.54, 1.807) is 0 Å². The Morgan fingerprint density at radius 1 is 1.21 bits per heavy atom. The molecule has 24 heavy (non-hydrogen) atoms. The monoisotopic (exact) mass is 331 g/mol. The predicted octanol–water partition coefficient (Wildman–Crippen LogP) is 1.68. The summed E-state index contributed by atoms with van der Waals surface area (Å²) in [6, 6.07) is 2.25. The smallest absolute Gasteiger partial charge is 0.225 e. The van der Waals surface area contributed by atoms with Gasteiger partial charge < -0.3 is 15.5 Å². The third-order valence-electron chi connectivity index (χ3n) is 5.11. The van der Waals surface area contributed by atoms with Gasteiger partial charge in [-0.25, -0.2) is 9.97 Å². The van der Waals surface area contributed by atoms with Crippen LogP contribution in [0.1, 0.15) is 50.5 Å². The van der Waals surface area contributed by atoms with E-state index in [0.29, 0.717) is 11.8 Å². The summed E-state index contributed by atoms with van der Waals surface area (Å²) in [6.07, 6.45) is 2.78. The highest BCUT2D eigenvalue weighted by atomic mass is 16.2. The number of amides is 1. The van der Waals surface area contributed by atoms with Crippen LogP contribution < -0.4 is 10.6 Å². The van der Waals surface area contributed by atoms with Crippen LogP contribution in [0.4, 0.5) is 5.82 Å². The van der Waals surface area contributed by atoms with Crippen molar-refractivity contribution >= 4 is 11.7 Å². The fraction of sp³-hybridized carbons (Fsp3) is 0.722. The highest BCUT2D eigenvalue weighted by molar-refractivity contribution is 5.79. The zero-order valence-corrected chi connectivity index (χ0v) is 15.0. The average molecular weight is 331 g/mol. The summed E-state index contributed by atoms with van der Waals surface area (Å²) in [4.78, 5) is 26.1. The van der Waals surface area contributed by atoms with Crippen LogP contribution in [0.15, 0.2) is 6.07 Å². The maximum absolute atomic E-state index is 12.6. The van der Waals surface area contributed by atoms with Gasteiger partial charge in [0.1, 0.15) is 11.6 Å². The van der Waals surface area contributed by atoms with E-state index in [0.717, 1.165) is 62.8 Å². The number of nitrogens with zero attached hydrogens (tertiary/aromatic N) is 4. The molecule has 0 radical (unpaired) electrons. The first-order valence-electron chi connectivity index (χ1n) is 9.09. The highest BCUT2D eigenvalue weighted by Crippen LogP contribution is 2.27. The molecule has 6 heteroatoms. The zero-order chi connectivity index (χ0) is 17.3. The third-order valence-corrected chi connectivity index (χ3v) is 5.11. The maximum atomic E-state index is 12.6. The minimum Gasteiger partial charge on any atom is -0.353 e. The number of hydrogen-bond acceptors (Lipinski definition) is 5. The van der Waals surface area contributed by atoms with Gasteiger partial charge in [0.05, 0.1) is 0 Å². The summed E-state index contributed by atoms with van der Waals surface area (Å²) in [6.45, 7) is 9.44. The summed E-state index contributed by atoms with van der Waals surface area (Å²) < 4.78 is 0. The van der Waals surface area contributed by atoms with Crippen LogP contribution >= 0.6 is 0 Å². The lowest BCUT2D eigenvalue weighted by Gasteiger charge is -2.36. The van der Waals surface area contributed by atoms with E-state index in [1.165, 1.54) is 0 Å². The summed E-state index contributed by atoms with van der Waals surface area (Å²) in [5, 5.41) is 0. The molecular formula is C18H29N5O. The molecule has 3 rings (SSSR count). The number of aromatic nitrogens is 2. The van der Waals surface area contributed by atoms with Crippen molar-refractivity contribution in [2.75, 3.05) is 31.1 Å². The van der Waals surface area contributed by atoms with E-state index in [9.17, 15) is 4.79 Å². The molecule has 132 valence electrons. The molecule has 0 spiro atoms. The average Bonchev–Trinajstić information content (AvgIpc) is 3.00. The van der Waals surface area contributed by atoms with Crippen LogP contribution in [0.2, 0.25) is 0 Å². The van der Waals surface area contributed by atoms with Gasteiger partial charge in [-0.15, -0.1) is 0 Å². The first-order chi connectivity index (χ1) is 11.4. The number of piperazine rings is 1. The van der Waals surface area contributed by atoms with Gasteiger partial charge in [0.25, 0.3) is 0 Å². The molecule has 2 N–H and O–H groups in total. The van der Waals surface area contributed by atoms with Crippen molar-refractivity contribution in [2.45, 2.75) is 52.0 Å². The van der Waals surface area contributed by atoms with Crippen molar-refractivity contribution in [3.05, 3.63) is 17.6 Å². The minimum atomic E-state index is 0.139. The van der Waals surface area contributed by atoms with Crippen molar-refractivity contribution in [2.24, 2.45) is 11.7 Å². The van der Waals surface area contributed by atoms with Crippen LogP contribution in [0.25, 0.3) is 0 Å². The lowest BCUT2D eigenvalue weighted by Crippen LogP contribution is -2.50. The van der Waals surface area contributed by atoms with Crippen molar-refractivity contribution in [1.82, 2.24) is 14.9 Å². The van der Waals surface area contributed by atoms with E-state index >= 15 is 0 Å². The van der Waals surface area contributed by atoms with Gasteiger partial charge in [0.2, 0.25) is 5.91 Å². The Morgan fingerprint density at radius 3 is 2.50 bits per heavy atom. The number of nitrogens with two attached hydrogens (primary N) is 1. The van der Waals surface area contributed by atoms with Crippen LogP contribution in [0, 0.1) is 12.8 Å². The van der Waals surface area contributed by atoms with Gasteiger partial charge in [-0.05, 0) is 26.2 Å². The molecule has 2 aliphatic rings. The summed E-state index contributed by atoms with van der Waals surface area (Å²) in [5.41, 5.74) is 6.95. The second-order valence-corrected chi connectivity index (χ2v) is 7.46. The Bertz CT molecular complexity index is 595. The number of hydrogen-bond donors (Lipinski definition) is 1. The summed E-state index contributed by atoms with van der Waals surface area (Å²) in [7, 11) is 0. The standard InChI is InChI=1S/C18H29N5O/c1-12(2)17-20-13(3)10-16(21-17)22-6-8-23(9-7-22)18(24)14-4-5-15(19)11-14/h10,12,14-15H,4-9,11,19H2,1-3H3. The molecule has 1 amide bonds. The normalized spacial score (nSPS) is 24.7. The third kappa shape index (κ3) is 3.69. The molecule has 1 aromatic rings. The Kier molecular flexibility index (Phi) is 5.04. The Labute approximate surface area is 144 Å². The lowest BCUT2D eigenvalue weighted by atomic mass is 10.1. The molecule has 2 heterocycles. The Morgan fingerprint density at radius 2 is 1.92 bits per heavy atom. The molecule has 6 nitrogen and oxygen atoms in total. The van der Waals surface area contributed by atoms with E-state index < -0.39 is 0 Å². The van der Waals surface area contributed by atoms with Crippen LogP contribution in [-0.2, 0) is 4.79 Å². The van der Waals surface area contributed by atoms with Gasteiger partial charge >= 0.3 is 0 Å². The quantitative estimate of drug-likeness (QED) is 0.912. The molecule has 1 saturated carbocycles. The molecule has 2 fully saturated rings. The Hall–Kier alpha value is -1.69. The fourth-order valence-corrected chi connectivity index (χ4v) is 3.65. The van der Waals surface area contributed by atoms with Crippen molar-refractivity contribution in [3.8, 4) is 0 Å². The molecule has 2 atom stereocenters. The predicted molar refractivity (Wildman–Crippen MR) is 95.0 cm³/mol.